The molecular formula is C27H32N6O. The van der Waals surface area contributed by atoms with E-state index in [4.69, 9.17) is 15.8 Å². The maximum Gasteiger partial charge on any atom is 0.256 e. The summed E-state index contributed by atoms with van der Waals surface area (Å²) in [4.78, 5) is 20.9. The Kier molecular flexibility index (Phi) is 5.17. The molecule has 34 heavy (non-hydrogen) atoms. The summed E-state index contributed by atoms with van der Waals surface area (Å²) >= 11 is 0. The van der Waals surface area contributed by atoms with Crippen molar-refractivity contribution in [1.82, 2.24) is 24.1 Å². The van der Waals surface area contributed by atoms with E-state index in [1.807, 2.05) is 39.4 Å². The summed E-state index contributed by atoms with van der Waals surface area (Å²) in [5, 5.41) is 6.00. The molecule has 176 valence electrons. The number of likely N-dealkylation sites (tertiary alicyclic amines) is 1. The summed E-state index contributed by atoms with van der Waals surface area (Å²) in [7, 11) is 2.00. The van der Waals surface area contributed by atoms with Crippen molar-refractivity contribution in [1.29, 1.82) is 0 Å². The standard InChI is InChI=1S/C27H32N6O/c1-17-16-33-24(29-25(17)19-9-10-20(28)14-19)15-22(30-33)23-8-3-4-12-32(23)27(34)21-7-5-6-18-11-13-31(2)26(18)21/h5-7,11,13,15-16,19-20,23H,3-4,8-10,12,14,28H2,1-2H3/t19?,20-,23-/m0/s1. The molecule has 2 N–H and O–H groups in total. The van der Waals surface area contributed by atoms with E-state index >= 15 is 0 Å². The molecule has 1 aromatic carbocycles. The van der Waals surface area contributed by atoms with Gasteiger partial charge in [0.1, 0.15) is 0 Å². The highest BCUT2D eigenvalue weighted by Gasteiger charge is 2.32. The lowest BCUT2D eigenvalue weighted by Gasteiger charge is -2.35. The van der Waals surface area contributed by atoms with Gasteiger partial charge in [0, 0.05) is 49.4 Å². The molecule has 1 aliphatic carbocycles. The third kappa shape index (κ3) is 3.50. The first-order chi connectivity index (χ1) is 16.5. The van der Waals surface area contributed by atoms with Crippen LogP contribution in [0.5, 0.6) is 0 Å². The Morgan fingerprint density at radius 1 is 1.15 bits per heavy atom. The Balaban J connectivity index is 1.36. The van der Waals surface area contributed by atoms with Crippen LogP contribution in [0.4, 0.5) is 0 Å². The minimum Gasteiger partial charge on any atom is -0.350 e. The number of aryl methyl sites for hydroxylation is 2. The monoisotopic (exact) mass is 456 g/mol. The Hall–Kier alpha value is -3.19. The molecule has 6 rings (SSSR count). The van der Waals surface area contributed by atoms with Crippen molar-refractivity contribution >= 4 is 22.5 Å². The van der Waals surface area contributed by atoms with E-state index in [-0.39, 0.29) is 18.0 Å². The Morgan fingerprint density at radius 2 is 2.03 bits per heavy atom. The van der Waals surface area contributed by atoms with Crippen molar-refractivity contribution in [2.45, 2.75) is 63.5 Å². The number of piperidine rings is 1. The molecule has 1 saturated heterocycles. The van der Waals surface area contributed by atoms with Crippen molar-refractivity contribution in [3.05, 3.63) is 65.2 Å². The first kappa shape index (κ1) is 21.4. The van der Waals surface area contributed by atoms with Crippen molar-refractivity contribution in [2.75, 3.05) is 6.54 Å². The van der Waals surface area contributed by atoms with Crippen molar-refractivity contribution in [2.24, 2.45) is 12.8 Å². The van der Waals surface area contributed by atoms with Crippen molar-refractivity contribution in [3.63, 3.8) is 0 Å². The molecule has 1 saturated carbocycles. The van der Waals surface area contributed by atoms with Gasteiger partial charge in [0.2, 0.25) is 0 Å². The van der Waals surface area contributed by atoms with Crippen molar-refractivity contribution < 1.29 is 4.79 Å². The lowest BCUT2D eigenvalue weighted by molar-refractivity contribution is 0.0607. The van der Waals surface area contributed by atoms with Gasteiger partial charge in [-0.25, -0.2) is 9.50 Å². The normalized spacial score (nSPS) is 23.3. The van der Waals surface area contributed by atoms with E-state index in [1.54, 1.807) is 0 Å². The van der Waals surface area contributed by atoms with Crippen LogP contribution in [-0.2, 0) is 7.05 Å². The third-order valence-electron chi connectivity index (χ3n) is 7.78. The molecule has 7 heteroatoms. The fourth-order valence-electron chi connectivity index (χ4n) is 6.05. The number of carbonyl (C=O) groups is 1. The zero-order valence-electron chi connectivity index (χ0n) is 19.9. The topological polar surface area (TPSA) is 81.5 Å². The van der Waals surface area contributed by atoms with Gasteiger partial charge in [0.25, 0.3) is 5.91 Å². The summed E-state index contributed by atoms with van der Waals surface area (Å²) in [6, 6.07) is 10.4. The third-order valence-corrected chi connectivity index (χ3v) is 7.78. The molecule has 1 amide bonds. The first-order valence-corrected chi connectivity index (χ1v) is 12.5. The van der Waals surface area contributed by atoms with Crippen LogP contribution in [0.25, 0.3) is 16.6 Å². The summed E-state index contributed by atoms with van der Waals surface area (Å²) < 4.78 is 3.92. The Morgan fingerprint density at radius 3 is 2.85 bits per heavy atom. The molecule has 7 nitrogen and oxygen atoms in total. The van der Waals surface area contributed by atoms with Gasteiger partial charge in [0.05, 0.1) is 28.5 Å². The van der Waals surface area contributed by atoms with Gasteiger partial charge in [-0.1, -0.05) is 12.1 Å². The molecule has 0 radical (unpaired) electrons. The number of aromatic nitrogens is 4. The largest absolute Gasteiger partial charge is 0.350 e. The van der Waals surface area contributed by atoms with Crippen LogP contribution < -0.4 is 5.73 Å². The van der Waals surface area contributed by atoms with Crippen LogP contribution in [0, 0.1) is 6.92 Å². The van der Waals surface area contributed by atoms with Gasteiger partial charge in [0.15, 0.2) is 5.65 Å². The molecule has 0 spiro atoms. The van der Waals surface area contributed by atoms with Gasteiger partial charge in [-0.05, 0) is 63.1 Å². The van der Waals surface area contributed by atoms with Gasteiger partial charge < -0.3 is 15.2 Å². The SMILES string of the molecule is Cc1cn2nc([C@@H]3CCCCN3C(=O)c3cccc4ccn(C)c34)cc2nc1C1CC[C@H](N)C1. The number of rotatable bonds is 3. The number of fused-ring (bicyclic) bond motifs is 2. The highest BCUT2D eigenvalue weighted by Crippen LogP contribution is 2.36. The second-order valence-corrected chi connectivity index (χ2v) is 10.1. The average Bonchev–Trinajstić information content (AvgIpc) is 3.56. The number of hydrogen-bond donors (Lipinski definition) is 1. The molecule has 2 fully saturated rings. The minimum absolute atomic E-state index is 0.0397. The van der Waals surface area contributed by atoms with Gasteiger partial charge >= 0.3 is 0 Å². The van der Waals surface area contributed by atoms with Gasteiger partial charge in [-0.2, -0.15) is 5.10 Å². The minimum atomic E-state index is -0.0397. The summed E-state index contributed by atoms with van der Waals surface area (Å²) in [6.07, 6.45) is 10.3. The van der Waals surface area contributed by atoms with E-state index in [1.165, 1.54) is 0 Å². The average molecular weight is 457 g/mol. The predicted molar refractivity (Wildman–Crippen MR) is 133 cm³/mol. The van der Waals surface area contributed by atoms with Crippen molar-refractivity contribution in [3.8, 4) is 0 Å². The molecule has 1 aliphatic heterocycles. The highest BCUT2D eigenvalue weighted by molar-refractivity contribution is 6.06. The zero-order valence-corrected chi connectivity index (χ0v) is 19.9. The van der Waals surface area contributed by atoms with Crippen LogP contribution >= 0.6 is 0 Å². The molecule has 3 atom stereocenters. The maximum absolute atomic E-state index is 13.8. The molecular weight excluding hydrogens is 424 g/mol. The lowest BCUT2D eigenvalue weighted by atomic mass is 9.97. The van der Waals surface area contributed by atoms with Crippen LogP contribution in [-0.4, -0.2) is 42.6 Å². The Labute approximate surface area is 199 Å². The quantitative estimate of drug-likeness (QED) is 0.492. The fraction of sp³-hybridized carbons (Fsp3) is 0.444. The van der Waals surface area contributed by atoms with Crippen LogP contribution in [0.2, 0.25) is 0 Å². The second-order valence-electron chi connectivity index (χ2n) is 10.1. The number of carbonyl (C=O) groups excluding carboxylic acids is 1. The van der Waals surface area contributed by atoms with E-state index in [0.717, 1.165) is 84.1 Å². The van der Waals surface area contributed by atoms with Crippen LogP contribution in [0.1, 0.15) is 77.8 Å². The van der Waals surface area contributed by atoms with E-state index in [0.29, 0.717) is 5.92 Å². The summed E-state index contributed by atoms with van der Waals surface area (Å²) in [5.74, 6) is 0.510. The number of para-hydroxylation sites is 1. The highest BCUT2D eigenvalue weighted by atomic mass is 16.2. The van der Waals surface area contributed by atoms with Crippen LogP contribution in [0.15, 0.2) is 42.7 Å². The predicted octanol–water partition coefficient (Wildman–Crippen LogP) is 4.49. The Bertz CT molecular complexity index is 1380. The van der Waals surface area contributed by atoms with Crippen LogP contribution in [0.3, 0.4) is 0 Å². The van der Waals surface area contributed by atoms with Gasteiger partial charge in [-0.15, -0.1) is 0 Å². The smallest absolute Gasteiger partial charge is 0.256 e. The number of benzene rings is 1. The molecule has 2 aliphatic rings. The fourth-order valence-corrected chi connectivity index (χ4v) is 6.05. The molecule has 4 heterocycles. The molecule has 3 aromatic heterocycles. The number of nitrogens with two attached hydrogens (primary N) is 1. The number of hydrogen-bond acceptors (Lipinski definition) is 4. The summed E-state index contributed by atoms with van der Waals surface area (Å²) in [5.41, 5.74) is 12.0. The van der Waals surface area contributed by atoms with E-state index in [9.17, 15) is 4.79 Å². The molecule has 4 aromatic rings. The summed E-state index contributed by atoms with van der Waals surface area (Å²) in [6.45, 7) is 2.86. The van der Waals surface area contributed by atoms with E-state index < -0.39 is 0 Å². The number of nitrogens with zero attached hydrogens (tertiary/aromatic N) is 5. The number of amides is 1. The van der Waals surface area contributed by atoms with Gasteiger partial charge in [-0.3, -0.25) is 4.79 Å². The maximum atomic E-state index is 13.8. The zero-order chi connectivity index (χ0) is 23.4. The molecule has 0 bridgehead atoms. The van der Waals surface area contributed by atoms with E-state index in [2.05, 4.69) is 31.3 Å². The first-order valence-electron chi connectivity index (χ1n) is 12.5. The molecule has 1 unspecified atom stereocenters. The second kappa shape index (κ2) is 8.24. The lowest BCUT2D eigenvalue weighted by Crippen LogP contribution is -2.39.